The molecule has 7 nitrogen and oxygen atoms in total. The number of carboxylic acid groups (broad SMARTS) is 1. The van der Waals surface area contributed by atoms with E-state index in [0.29, 0.717) is 50.5 Å². The van der Waals surface area contributed by atoms with E-state index in [1.54, 1.807) is 0 Å². The van der Waals surface area contributed by atoms with E-state index in [1.165, 1.54) is 11.3 Å². The van der Waals surface area contributed by atoms with Gasteiger partial charge in [0.2, 0.25) is 5.91 Å². The molecule has 1 saturated heterocycles. The van der Waals surface area contributed by atoms with Crippen molar-refractivity contribution in [2.45, 2.75) is 109 Å². The zero-order valence-electron chi connectivity index (χ0n) is 22.3. The molecule has 0 aromatic carbocycles. The minimum absolute atomic E-state index is 0.0401. The van der Waals surface area contributed by atoms with E-state index in [9.17, 15) is 19.8 Å². The molecule has 0 spiro atoms. The Kier molecular flexibility index (Phi) is 8.49. The van der Waals surface area contributed by atoms with Crippen molar-refractivity contribution in [2.75, 3.05) is 24.7 Å². The van der Waals surface area contributed by atoms with Gasteiger partial charge in [-0.1, -0.05) is 27.7 Å². The van der Waals surface area contributed by atoms with Gasteiger partial charge in [-0.25, -0.2) is 4.79 Å². The molecule has 202 valence electrons. The maximum absolute atomic E-state index is 14.0. The molecule has 0 unspecified atom stereocenters. The van der Waals surface area contributed by atoms with Gasteiger partial charge >= 0.3 is 5.97 Å². The van der Waals surface area contributed by atoms with Crippen molar-refractivity contribution in [1.82, 2.24) is 0 Å². The predicted octanol–water partition coefficient (Wildman–Crippen LogP) is 5.38. The number of aromatic carboxylic acids is 1. The standard InChI is InChI=1S/C28H43NO6S/c1-18-5-7-19(8-6-18)25(30)29(22-15-23(27(2,3)4)36-24(22)26(31)32)20-9-12-28(33,13-10-20)17-35-21-11-14-34-16-21/h15,18-21,33H,5-14,16-17H2,1-4H3,(H,31,32)/t18-,19-,20-,21-,28+/m0/s1. The SMILES string of the molecule is CC(C)(C)c1cc(N(C(=O)[C@H]2CC[C@H](C)CC2)[C@H]2CC[C@](O)(CO[C@H]3CCOC3)CC2)c(C(=O)O)s1. The highest BCUT2D eigenvalue weighted by molar-refractivity contribution is 7.14. The van der Waals surface area contributed by atoms with Crippen LogP contribution in [0.5, 0.6) is 0 Å². The molecule has 2 heterocycles. The second-order valence-electron chi connectivity index (χ2n) is 12.3. The average Bonchev–Trinajstić information content (AvgIpc) is 3.50. The second-order valence-corrected chi connectivity index (χ2v) is 13.3. The highest BCUT2D eigenvalue weighted by Crippen LogP contribution is 2.43. The number of hydrogen-bond donors (Lipinski definition) is 2. The van der Waals surface area contributed by atoms with E-state index >= 15 is 0 Å². The second kappa shape index (κ2) is 11.1. The predicted molar refractivity (Wildman–Crippen MR) is 141 cm³/mol. The number of nitrogens with zero attached hydrogens (tertiary/aromatic N) is 1. The number of thiophene rings is 1. The van der Waals surface area contributed by atoms with Gasteiger partial charge in [0.05, 0.1) is 30.6 Å². The number of hydrogen-bond acceptors (Lipinski definition) is 6. The van der Waals surface area contributed by atoms with Crippen LogP contribution in [-0.2, 0) is 19.7 Å². The highest BCUT2D eigenvalue weighted by Gasteiger charge is 2.41. The van der Waals surface area contributed by atoms with E-state index in [-0.39, 0.29) is 40.9 Å². The lowest BCUT2D eigenvalue weighted by molar-refractivity contribution is -0.125. The van der Waals surface area contributed by atoms with Gasteiger partial charge in [-0.3, -0.25) is 4.79 Å². The van der Waals surface area contributed by atoms with E-state index in [1.807, 2.05) is 11.0 Å². The average molecular weight is 522 g/mol. The molecule has 36 heavy (non-hydrogen) atoms. The van der Waals surface area contributed by atoms with Crippen molar-refractivity contribution in [3.05, 3.63) is 15.8 Å². The first-order valence-corrected chi connectivity index (χ1v) is 14.4. The smallest absolute Gasteiger partial charge is 0.348 e. The fourth-order valence-corrected chi connectivity index (χ4v) is 6.79. The largest absolute Gasteiger partial charge is 0.477 e. The normalized spacial score (nSPS) is 31.4. The Morgan fingerprint density at radius 3 is 2.36 bits per heavy atom. The number of carbonyl (C=O) groups is 2. The molecule has 1 aliphatic heterocycles. The summed E-state index contributed by atoms with van der Waals surface area (Å²) in [7, 11) is 0. The first kappa shape index (κ1) is 27.6. The third-order valence-corrected chi connectivity index (χ3v) is 9.77. The molecule has 1 aromatic rings. The number of carboxylic acids is 1. The van der Waals surface area contributed by atoms with Crippen LogP contribution in [-0.4, -0.2) is 59.7 Å². The third kappa shape index (κ3) is 6.32. The summed E-state index contributed by atoms with van der Waals surface area (Å²) in [5, 5.41) is 21.3. The van der Waals surface area contributed by atoms with Crippen molar-refractivity contribution in [2.24, 2.45) is 11.8 Å². The molecule has 3 aliphatic rings. The molecule has 1 amide bonds. The van der Waals surface area contributed by atoms with Gasteiger partial charge in [0.1, 0.15) is 4.88 Å². The first-order valence-electron chi connectivity index (χ1n) is 13.6. The summed E-state index contributed by atoms with van der Waals surface area (Å²) in [6, 6.07) is 1.80. The molecule has 4 rings (SSSR count). The number of amides is 1. The number of carbonyl (C=O) groups excluding carboxylic acids is 1. The molecule has 2 N–H and O–H groups in total. The van der Waals surface area contributed by atoms with Gasteiger partial charge in [0.15, 0.2) is 0 Å². The number of aliphatic hydroxyl groups is 1. The van der Waals surface area contributed by atoms with Gasteiger partial charge in [0, 0.05) is 23.4 Å². The summed E-state index contributed by atoms with van der Waals surface area (Å²) >= 11 is 1.28. The number of anilines is 1. The van der Waals surface area contributed by atoms with Crippen molar-refractivity contribution in [3.8, 4) is 0 Å². The summed E-state index contributed by atoms with van der Waals surface area (Å²) < 4.78 is 11.3. The van der Waals surface area contributed by atoms with Gasteiger partial charge in [-0.2, -0.15) is 0 Å². The Hall–Kier alpha value is -1.48. The molecule has 8 heteroatoms. The van der Waals surface area contributed by atoms with Crippen LogP contribution in [0.25, 0.3) is 0 Å². The van der Waals surface area contributed by atoms with Crippen LogP contribution in [0.3, 0.4) is 0 Å². The molecule has 0 radical (unpaired) electrons. The number of ether oxygens (including phenoxy) is 2. The summed E-state index contributed by atoms with van der Waals surface area (Å²) in [5.41, 5.74) is -0.596. The van der Waals surface area contributed by atoms with Crippen LogP contribution < -0.4 is 4.90 Å². The lowest BCUT2D eigenvalue weighted by Crippen LogP contribution is -2.50. The minimum atomic E-state index is -0.986. The van der Waals surface area contributed by atoms with Crippen molar-refractivity contribution in [3.63, 3.8) is 0 Å². The topological polar surface area (TPSA) is 96.3 Å². The van der Waals surface area contributed by atoms with Crippen LogP contribution in [0.1, 0.15) is 100 Å². The van der Waals surface area contributed by atoms with E-state index in [0.717, 1.165) is 37.0 Å². The van der Waals surface area contributed by atoms with E-state index in [4.69, 9.17) is 9.47 Å². The zero-order chi connectivity index (χ0) is 26.1. The van der Waals surface area contributed by atoms with Gasteiger partial charge in [0.25, 0.3) is 0 Å². The summed E-state index contributed by atoms with van der Waals surface area (Å²) in [6.07, 6.45) is 6.94. The van der Waals surface area contributed by atoms with Crippen molar-refractivity contribution >= 4 is 28.9 Å². The van der Waals surface area contributed by atoms with Gasteiger partial charge in [-0.15, -0.1) is 11.3 Å². The summed E-state index contributed by atoms with van der Waals surface area (Å²) in [5.74, 6) is -0.384. The van der Waals surface area contributed by atoms with Gasteiger partial charge < -0.3 is 24.6 Å². The fourth-order valence-electron chi connectivity index (χ4n) is 5.74. The Labute approximate surface area is 219 Å². The van der Waals surface area contributed by atoms with Crippen LogP contribution in [0.4, 0.5) is 5.69 Å². The molecule has 3 fully saturated rings. The molecule has 1 aromatic heterocycles. The van der Waals surface area contributed by atoms with Crippen LogP contribution in [0, 0.1) is 11.8 Å². The van der Waals surface area contributed by atoms with Crippen LogP contribution in [0.15, 0.2) is 6.07 Å². The Bertz CT molecular complexity index is 915. The summed E-state index contributed by atoms with van der Waals surface area (Å²) in [6.45, 7) is 9.99. The van der Waals surface area contributed by atoms with Crippen molar-refractivity contribution < 1.29 is 29.3 Å². The lowest BCUT2D eigenvalue weighted by Gasteiger charge is -2.42. The quantitative estimate of drug-likeness (QED) is 0.500. The Morgan fingerprint density at radius 2 is 1.81 bits per heavy atom. The molecule has 2 saturated carbocycles. The van der Waals surface area contributed by atoms with Crippen LogP contribution >= 0.6 is 11.3 Å². The summed E-state index contributed by atoms with van der Waals surface area (Å²) in [4.78, 5) is 29.4. The van der Waals surface area contributed by atoms with Crippen molar-refractivity contribution in [1.29, 1.82) is 0 Å². The maximum Gasteiger partial charge on any atom is 0.348 e. The first-order chi connectivity index (χ1) is 17.0. The Morgan fingerprint density at radius 1 is 1.14 bits per heavy atom. The van der Waals surface area contributed by atoms with E-state index in [2.05, 4.69) is 27.7 Å². The molecule has 0 bridgehead atoms. The lowest BCUT2D eigenvalue weighted by atomic mass is 9.79. The molecule has 2 aliphatic carbocycles. The van der Waals surface area contributed by atoms with Gasteiger partial charge in [-0.05, 0) is 75.2 Å². The molecule has 1 atom stereocenters. The fraction of sp³-hybridized carbons (Fsp3) is 0.786. The molecular formula is C28H43NO6S. The maximum atomic E-state index is 14.0. The number of rotatable bonds is 7. The highest BCUT2D eigenvalue weighted by atomic mass is 32.1. The molecular weight excluding hydrogens is 478 g/mol. The zero-order valence-corrected chi connectivity index (χ0v) is 23.1. The minimum Gasteiger partial charge on any atom is -0.477 e. The monoisotopic (exact) mass is 521 g/mol. The van der Waals surface area contributed by atoms with Crippen LogP contribution in [0.2, 0.25) is 0 Å². The Balaban J connectivity index is 1.57. The van der Waals surface area contributed by atoms with E-state index < -0.39 is 11.6 Å². The third-order valence-electron chi connectivity index (χ3n) is 8.23.